The van der Waals surface area contributed by atoms with Gasteiger partial charge < -0.3 is 19.1 Å². The molecule has 3 aromatic carbocycles. The summed E-state index contributed by atoms with van der Waals surface area (Å²) in [5.41, 5.74) is 2.04. The molecule has 1 aliphatic heterocycles. The lowest BCUT2D eigenvalue weighted by molar-refractivity contribution is 0.0976. The van der Waals surface area contributed by atoms with Crippen LogP contribution in [-0.2, 0) is 6.61 Å². The van der Waals surface area contributed by atoms with Crippen LogP contribution in [0.5, 0.6) is 17.2 Å². The number of methoxy groups -OCH3 is 1. The van der Waals surface area contributed by atoms with Crippen LogP contribution in [0.1, 0.15) is 15.9 Å². The van der Waals surface area contributed by atoms with Crippen molar-refractivity contribution in [2.24, 2.45) is 0 Å². The second-order valence-corrected chi connectivity index (χ2v) is 6.59. The molecule has 1 aliphatic rings. The molecule has 0 saturated carbocycles. The molecule has 0 aliphatic carbocycles. The minimum atomic E-state index is -0.354. The fourth-order valence-electron chi connectivity index (χ4n) is 3.21. The molecule has 3 aromatic rings. The number of hydrogen-bond donors (Lipinski definition) is 0. The largest absolute Gasteiger partial charge is 0.497 e. The van der Waals surface area contributed by atoms with Gasteiger partial charge in [-0.2, -0.15) is 0 Å². The van der Waals surface area contributed by atoms with Crippen LogP contribution in [0, 0.1) is 5.82 Å². The topological polar surface area (TPSA) is 48.0 Å². The average molecular weight is 393 g/mol. The second-order valence-electron chi connectivity index (χ2n) is 6.59. The number of fused-ring (bicyclic) bond motifs is 1. The Labute approximate surface area is 168 Å². The van der Waals surface area contributed by atoms with E-state index in [4.69, 9.17) is 14.2 Å². The van der Waals surface area contributed by atoms with Gasteiger partial charge in [0.2, 0.25) is 0 Å². The van der Waals surface area contributed by atoms with Crippen molar-refractivity contribution < 1.29 is 23.4 Å². The molecule has 0 spiro atoms. The first kappa shape index (κ1) is 18.8. The van der Waals surface area contributed by atoms with Crippen LogP contribution in [0.25, 0.3) is 0 Å². The van der Waals surface area contributed by atoms with Crippen LogP contribution in [-0.4, -0.2) is 26.2 Å². The van der Waals surface area contributed by atoms with Gasteiger partial charge in [0, 0.05) is 17.7 Å². The third kappa shape index (κ3) is 4.16. The van der Waals surface area contributed by atoms with Gasteiger partial charge in [0.05, 0.1) is 19.3 Å². The van der Waals surface area contributed by atoms with Crippen LogP contribution in [0.3, 0.4) is 0 Å². The summed E-state index contributed by atoms with van der Waals surface area (Å²) in [4.78, 5) is 14.9. The normalized spacial score (nSPS) is 12.7. The summed E-state index contributed by atoms with van der Waals surface area (Å²) in [5.74, 6) is 1.26. The Hall–Kier alpha value is -3.54. The van der Waals surface area contributed by atoms with E-state index in [0.29, 0.717) is 41.7 Å². The molecule has 6 heteroatoms. The molecule has 1 amide bonds. The molecule has 0 saturated heterocycles. The van der Waals surface area contributed by atoms with Crippen LogP contribution in [0.15, 0.2) is 66.7 Å². The van der Waals surface area contributed by atoms with Gasteiger partial charge in [0.1, 0.15) is 36.3 Å². The van der Waals surface area contributed by atoms with E-state index in [9.17, 15) is 9.18 Å². The molecule has 148 valence electrons. The molecule has 29 heavy (non-hydrogen) atoms. The van der Waals surface area contributed by atoms with Gasteiger partial charge in [-0.1, -0.05) is 18.2 Å². The predicted molar refractivity (Wildman–Crippen MR) is 107 cm³/mol. The van der Waals surface area contributed by atoms with Gasteiger partial charge in [0.15, 0.2) is 0 Å². The highest BCUT2D eigenvalue weighted by atomic mass is 19.1. The maximum absolute atomic E-state index is 13.3. The monoisotopic (exact) mass is 393 g/mol. The minimum absolute atomic E-state index is 0.129. The summed E-state index contributed by atoms with van der Waals surface area (Å²) < 4.78 is 29.9. The van der Waals surface area contributed by atoms with E-state index in [1.165, 1.54) is 12.1 Å². The summed E-state index contributed by atoms with van der Waals surface area (Å²) in [5, 5.41) is 0. The first-order valence-electron chi connectivity index (χ1n) is 9.24. The van der Waals surface area contributed by atoms with Crippen molar-refractivity contribution in [1.82, 2.24) is 0 Å². The van der Waals surface area contributed by atoms with E-state index < -0.39 is 0 Å². The number of carbonyl (C=O) groups is 1. The zero-order valence-corrected chi connectivity index (χ0v) is 15.9. The molecule has 1 heterocycles. The Bertz CT molecular complexity index is 1040. The van der Waals surface area contributed by atoms with E-state index in [1.807, 2.05) is 12.1 Å². The standard InChI is InChI=1S/C23H20FNO4/c1-27-19-8-9-22-21(14-19)25(10-11-28-22)23(26)17-5-2-4-16(12-17)15-29-20-7-3-6-18(24)13-20/h2-9,12-14H,10-11,15H2,1H3. The first-order valence-corrected chi connectivity index (χ1v) is 9.24. The van der Waals surface area contributed by atoms with Gasteiger partial charge >= 0.3 is 0 Å². The number of carbonyl (C=O) groups excluding carboxylic acids is 1. The Morgan fingerprint density at radius 2 is 1.93 bits per heavy atom. The lowest BCUT2D eigenvalue weighted by Gasteiger charge is -2.30. The summed E-state index contributed by atoms with van der Waals surface area (Å²) in [6, 6.07) is 18.6. The number of halogens is 1. The molecule has 5 nitrogen and oxygen atoms in total. The van der Waals surface area contributed by atoms with Crippen LogP contribution >= 0.6 is 0 Å². The summed E-state index contributed by atoms with van der Waals surface area (Å²) in [6.45, 7) is 1.11. The fourth-order valence-corrected chi connectivity index (χ4v) is 3.21. The first-order chi connectivity index (χ1) is 14.1. The lowest BCUT2D eigenvalue weighted by Crippen LogP contribution is -2.38. The lowest BCUT2D eigenvalue weighted by atomic mass is 10.1. The van der Waals surface area contributed by atoms with Crippen molar-refractivity contribution >= 4 is 11.6 Å². The van der Waals surface area contributed by atoms with Gasteiger partial charge in [-0.3, -0.25) is 4.79 Å². The quantitative estimate of drug-likeness (QED) is 0.643. The highest BCUT2D eigenvalue weighted by Gasteiger charge is 2.25. The van der Waals surface area contributed by atoms with Crippen molar-refractivity contribution in [3.8, 4) is 17.2 Å². The van der Waals surface area contributed by atoms with E-state index in [2.05, 4.69) is 0 Å². The van der Waals surface area contributed by atoms with Gasteiger partial charge in [-0.05, 0) is 42.0 Å². The molecule has 0 bridgehead atoms. The Morgan fingerprint density at radius 1 is 1.07 bits per heavy atom. The van der Waals surface area contributed by atoms with E-state index in [0.717, 1.165) is 5.56 Å². The molecule has 0 fully saturated rings. The SMILES string of the molecule is COc1ccc2c(c1)N(C(=O)c1cccc(COc3cccc(F)c3)c1)CCO2. The van der Waals surface area contributed by atoms with Gasteiger partial charge in [-0.15, -0.1) is 0 Å². The molecule has 0 atom stereocenters. The third-order valence-electron chi connectivity index (χ3n) is 4.65. The zero-order valence-electron chi connectivity index (χ0n) is 15.9. The van der Waals surface area contributed by atoms with Crippen LogP contribution in [0.2, 0.25) is 0 Å². The number of nitrogens with zero attached hydrogens (tertiary/aromatic N) is 1. The van der Waals surface area contributed by atoms with E-state index in [1.54, 1.807) is 54.5 Å². The summed E-state index contributed by atoms with van der Waals surface area (Å²) in [6.07, 6.45) is 0. The highest BCUT2D eigenvalue weighted by Crippen LogP contribution is 2.35. The zero-order chi connectivity index (χ0) is 20.2. The van der Waals surface area contributed by atoms with Crippen molar-refractivity contribution in [3.05, 3.63) is 83.7 Å². The van der Waals surface area contributed by atoms with Gasteiger partial charge in [0.25, 0.3) is 5.91 Å². The number of anilines is 1. The average Bonchev–Trinajstić information content (AvgIpc) is 2.76. The second kappa shape index (κ2) is 8.22. The number of hydrogen-bond acceptors (Lipinski definition) is 4. The third-order valence-corrected chi connectivity index (χ3v) is 4.65. The molecule has 0 radical (unpaired) electrons. The van der Waals surface area contributed by atoms with Crippen LogP contribution < -0.4 is 19.1 Å². The van der Waals surface area contributed by atoms with Crippen molar-refractivity contribution in [3.63, 3.8) is 0 Å². The van der Waals surface area contributed by atoms with E-state index >= 15 is 0 Å². The smallest absolute Gasteiger partial charge is 0.258 e. The molecule has 0 aromatic heterocycles. The fraction of sp³-hybridized carbons (Fsp3) is 0.174. The van der Waals surface area contributed by atoms with Gasteiger partial charge in [-0.25, -0.2) is 4.39 Å². The molecule has 4 rings (SSSR count). The van der Waals surface area contributed by atoms with Crippen molar-refractivity contribution in [2.45, 2.75) is 6.61 Å². The molecular weight excluding hydrogens is 373 g/mol. The predicted octanol–water partition coefficient (Wildman–Crippen LogP) is 4.45. The number of benzene rings is 3. The van der Waals surface area contributed by atoms with Crippen molar-refractivity contribution in [2.75, 3.05) is 25.2 Å². The molecule has 0 N–H and O–H groups in total. The summed E-state index contributed by atoms with van der Waals surface area (Å²) in [7, 11) is 1.58. The van der Waals surface area contributed by atoms with Crippen molar-refractivity contribution in [1.29, 1.82) is 0 Å². The Morgan fingerprint density at radius 3 is 2.76 bits per heavy atom. The highest BCUT2D eigenvalue weighted by molar-refractivity contribution is 6.07. The van der Waals surface area contributed by atoms with Crippen LogP contribution in [0.4, 0.5) is 10.1 Å². The molecular formula is C23H20FNO4. The number of ether oxygens (including phenoxy) is 3. The maximum atomic E-state index is 13.3. The minimum Gasteiger partial charge on any atom is -0.497 e. The Balaban J connectivity index is 1.54. The Kier molecular flexibility index (Phi) is 5.33. The summed E-state index contributed by atoms with van der Waals surface area (Å²) >= 11 is 0. The maximum Gasteiger partial charge on any atom is 0.258 e. The van der Waals surface area contributed by atoms with E-state index in [-0.39, 0.29) is 18.3 Å². The number of rotatable bonds is 5. The molecule has 0 unspecified atom stereocenters. The number of amides is 1.